The summed E-state index contributed by atoms with van der Waals surface area (Å²) in [7, 11) is 1.00. The monoisotopic (exact) mass is 572 g/mol. The highest BCUT2D eigenvalue weighted by Crippen LogP contribution is 2.30. The molecule has 0 radical (unpaired) electrons. The maximum atomic E-state index is 13.2. The Morgan fingerprint density at radius 1 is 0.949 bits per heavy atom. The van der Waals surface area contributed by atoms with Gasteiger partial charge in [0.25, 0.3) is 0 Å². The summed E-state index contributed by atoms with van der Waals surface area (Å²) in [6.45, 7) is 0.331. The number of hydrogen-bond donors (Lipinski definition) is 5. The van der Waals surface area contributed by atoms with Gasteiger partial charge in [-0.1, -0.05) is 60.7 Å². The number of rotatable bonds is 3. The molecule has 1 unspecified atom stereocenters. The van der Waals surface area contributed by atoms with Crippen LogP contribution in [0.3, 0.4) is 0 Å². The van der Waals surface area contributed by atoms with Crippen molar-refractivity contribution in [3.05, 3.63) is 90.0 Å². The number of halogens is 6. The number of ether oxygens (including phenoxy) is 1. The summed E-state index contributed by atoms with van der Waals surface area (Å²) in [6, 6.07) is 20.9. The van der Waals surface area contributed by atoms with E-state index in [4.69, 9.17) is 15.9 Å². The molecule has 0 amide bonds. The molecular formula is C26H26F6N4O2S. The van der Waals surface area contributed by atoms with Crippen molar-refractivity contribution in [2.45, 2.75) is 36.4 Å². The molecule has 4 N–H and O–H groups in total. The Kier molecular flexibility index (Phi) is 11.4. The number of benzene rings is 3. The van der Waals surface area contributed by atoms with Crippen LogP contribution in [0.25, 0.3) is 0 Å². The van der Waals surface area contributed by atoms with Crippen molar-refractivity contribution in [3.8, 4) is 5.75 Å². The predicted molar refractivity (Wildman–Crippen MR) is 140 cm³/mol. The number of thiol groups is 1. The van der Waals surface area contributed by atoms with E-state index in [2.05, 4.69) is 22.7 Å². The first-order valence-electron chi connectivity index (χ1n) is 11.2. The van der Waals surface area contributed by atoms with Crippen LogP contribution in [0.15, 0.2) is 83.8 Å². The van der Waals surface area contributed by atoms with Crippen molar-refractivity contribution in [2.75, 3.05) is 12.0 Å². The van der Waals surface area contributed by atoms with Gasteiger partial charge in [0.1, 0.15) is 11.6 Å². The first-order valence-corrected chi connectivity index (χ1v) is 11.7. The lowest BCUT2D eigenvalue weighted by Gasteiger charge is -2.29. The maximum Gasteiger partial charge on any atom is 0.573 e. The van der Waals surface area contributed by atoms with Gasteiger partial charge in [-0.3, -0.25) is 15.7 Å². The van der Waals surface area contributed by atoms with E-state index in [1.165, 1.54) is 24.3 Å². The van der Waals surface area contributed by atoms with E-state index in [1.807, 2.05) is 30.3 Å². The van der Waals surface area contributed by atoms with Gasteiger partial charge in [0, 0.05) is 18.6 Å². The first-order chi connectivity index (χ1) is 18.4. The van der Waals surface area contributed by atoms with E-state index in [-0.39, 0.29) is 22.2 Å². The summed E-state index contributed by atoms with van der Waals surface area (Å²) in [4.78, 5) is 0.859. The SMILES string of the molecule is CO.FC(F)(F)Oc1ccccc1S.N=C1C(Cc2ccccc2)NCc2ccccc2N1C(=N)C(F)(F)F. The number of amidine groups is 2. The average Bonchev–Trinajstić information content (AvgIpc) is 3.02. The molecule has 0 saturated heterocycles. The largest absolute Gasteiger partial charge is 0.573 e. The Morgan fingerprint density at radius 2 is 1.51 bits per heavy atom. The number of nitrogens with zero attached hydrogens (tertiary/aromatic N) is 1. The van der Waals surface area contributed by atoms with Gasteiger partial charge in [-0.25, -0.2) is 0 Å². The van der Waals surface area contributed by atoms with Gasteiger partial charge in [0.2, 0.25) is 5.84 Å². The third-order valence-corrected chi connectivity index (χ3v) is 5.58. The fraction of sp³-hybridized carbons (Fsp3) is 0.231. The van der Waals surface area contributed by atoms with Crippen LogP contribution < -0.4 is 15.0 Å². The number of aliphatic hydroxyl groups excluding tert-OH is 1. The zero-order valence-corrected chi connectivity index (χ0v) is 21.4. The Hall–Kier alpha value is -3.55. The summed E-state index contributed by atoms with van der Waals surface area (Å²) >= 11 is 3.78. The number of anilines is 1. The molecule has 1 heterocycles. The molecule has 3 aromatic rings. The molecule has 39 heavy (non-hydrogen) atoms. The molecule has 4 rings (SSSR count). The summed E-state index contributed by atoms with van der Waals surface area (Å²) in [5.41, 5.74) is 1.75. The smallest absolute Gasteiger partial charge is 0.405 e. The molecule has 0 aromatic heterocycles. The molecule has 6 nitrogen and oxygen atoms in total. The summed E-state index contributed by atoms with van der Waals surface area (Å²) in [5.74, 6) is -2.11. The Labute approximate surface area is 226 Å². The molecule has 1 atom stereocenters. The zero-order valence-electron chi connectivity index (χ0n) is 20.5. The van der Waals surface area contributed by atoms with Gasteiger partial charge in [-0.05, 0) is 35.7 Å². The van der Waals surface area contributed by atoms with Gasteiger partial charge >= 0.3 is 12.5 Å². The van der Waals surface area contributed by atoms with Crippen molar-refractivity contribution in [1.82, 2.24) is 5.32 Å². The lowest BCUT2D eigenvalue weighted by Crippen LogP contribution is -2.51. The van der Waals surface area contributed by atoms with Crippen LogP contribution in [-0.4, -0.2) is 42.5 Å². The topological polar surface area (TPSA) is 92.4 Å². The fourth-order valence-corrected chi connectivity index (χ4v) is 3.75. The number of nitrogens with one attached hydrogen (secondary N) is 3. The molecule has 13 heteroatoms. The van der Waals surface area contributed by atoms with Gasteiger partial charge < -0.3 is 15.2 Å². The lowest BCUT2D eigenvalue weighted by atomic mass is 10.0. The Balaban J connectivity index is 0.000000320. The van der Waals surface area contributed by atoms with Crippen LogP contribution in [0.4, 0.5) is 32.0 Å². The van der Waals surface area contributed by atoms with E-state index < -0.39 is 24.4 Å². The molecule has 1 aliphatic rings. The summed E-state index contributed by atoms with van der Waals surface area (Å²) in [6.07, 6.45) is -9.12. The Bertz CT molecular complexity index is 1240. The third kappa shape index (κ3) is 9.30. The van der Waals surface area contributed by atoms with E-state index >= 15 is 0 Å². The second-order valence-corrected chi connectivity index (χ2v) is 8.32. The van der Waals surface area contributed by atoms with Crippen molar-refractivity contribution in [1.29, 1.82) is 10.8 Å². The molecular weight excluding hydrogens is 546 g/mol. The van der Waals surface area contributed by atoms with Crippen molar-refractivity contribution >= 4 is 30.0 Å². The summed E-state index contributed by atoms with van der Waals surface area (Å²) < 4.78 is 78.3. The number of aliphatic hydroxyl groups is 1. The molecule has 210 valence electrons. The van der Waals surface area contributed by atoms with Crippen molar-refractivity contribution in [3.63, 3.8) is 0 Å². The second-order valence-electron chi connectivity index (χ2n) is 7.83. The van der Waals surface area contributed by atoms with E-state index in [9.17, 15) is 26.3 Å². The number of para-hydroxylation sites is 2. The highest BCUT2D eigenvalue weighted by atomic mass is 32.1. The van der Waals surface area contributed by atoms with Crippen LogP contribution >= 0.6 is 12.6 Å². The minimum atomic E-state index is -4.83. The van der Waals surface area contributed by atoms with Crippen molar-refractivity contribution < 1.29 is 36.2 Å². The van der Waals surface area contributed by atoms with Crippen LogP contribution in [0, 0.1) is 10.8 Å². The van der Waals surface area contributed by atoms with E-state index in [0.717, 1.165) is 12.7 Å². The van der Waals surface area contributed by atoms with Crippen LogP contribution in [0.2, 0.25) is 0 Å². The lowest BCUT2D eigenvalue weighted by molar-refractivity contribution is -0.275. The highest BCUT2D eigenvalue weighted by Gasteiger charge is 2.43. The fourth-order valence-electron chi connectivity index (χ4n) is 3.55. The van der Waals surface area contributed by atoms with Crippen LogP contribution in [-0.2, 0) is 13.0 Å². The number of fused-ring (bicyclic) bond motifs is 1. The number of alkyl halides is 6. The highest BCUT2D eigenvalue weighted by molar-refractivity contribution is 7.80. The van der Waals surface area contributed by atoms with Crippen LogP contribution in [0.1, 0.15) is 11.1 Å². The minimum Gasteiger partial charge on any atom is -0.405 e. The average molecular weight is 573 g/mol. The zero-order chi connectivity index (χ0) is 29.2. The van der Waals surface area contributed by atoms with E-state index in [1.54, 1.807) is 24.3 Å². The summed E-state index contributed by atoms with van der Waals surface area (Å²) in [5, 5.41) is 26.1. The molecule has 0 bridgehead atoms. The van der Waals surface area contributed by atoms with E-state index in [0.29, 0.717) is 23.4 Å². The van der Waals surface area contributed by atoms with Crippen molar-refractivity contribution in [2.24, 2.45) is 0 Å². The van der Waals surface area contributed by atoms with Gasteiger partial charge in [-0.15, -0.1) is 25.8 Å². The molecule has 0 aliphatic carbocycles. The quantitative estimate of drug-likeness (QED) is 0.112. The van der Waals surface area contributed by atoms with Crippen LogP contribution in [0.5, 0.6) is 5.75 Å². The maximum absolute atomic E-state index is 13.2. The van der Waals surface area contributed by atoms with Gasteiger partial charge in [0.05, 0.1) is 11.7 Å². The number of hydrogen-bond acceptors (Lipinski definition) is 6. The standard InChI is InChI=1S/C18H17F3N4.C7H5F3OS.CH4O/c19-18(20,21)17(23)25-15-9-5-4-8-13(15)11-24-14(16(25)22)10-12-6-2-1-3-7-12;8-7(9,10)11-5-3-1-2-4-6(5)12;1-2/h1-9,14,22-24H,10-11H2;1-4,12H;2H,1H3. The molecule has 0 fully saturated rings. The predicted octanol–water partition coefficient (Wildman–Crippen LogP) is 6.21. The molecule has 1 aliphatic heterocycles. The molecule has 0 spiro atoms. The normalized spacial score (nSPS) is 15.1. The Morgan fingerprint density at radius 3 is 2.10 bits per heavy atom. The second kappa shape index (κ2) is 14.0. The third-order valence-electron chi connectivity index (χ3n) is 5.21. The minimum absolute atomic E-state index is 0.162. The first kappa shape index (κ1) is 31.7. The molecule has 0 saturated carbocycles. The molecule has 3 aromatic carbocycles. The van der Waals surface area contributed by atoms with Gasteiger partial charge in [0.15, 0.2) is 0 Å². The van der Waals surface area contributed by atoms with Gasteiger partial charge in [-0.2, -0.15) is 13.2 Å².